The topological polar surface area (TPSA) is 50.7 Å². The number of rotatable bonds is 4. The molecule has 0 bridgehead atoms. The van der Waals surface area contributed by atoms with Gasteiger partial charge in [0.15, 0.2) is 0 Å². The molecule has 0 unspecified atom stereocenters. The summed E-state index contributed by atoms with van der Waals surface area (Å²) < 4.78 is 5.37. The molecule has 0 radical (unpaired) electrons. The molecule has 120 valence electrons. The maximum Gasteiger partial charge on any atom is 0.271 e. The van der Waals surface area contributed by atoms with Crippen molar-refractivity contribution < 1.29 is 9.53 Å². The minimum atomic E-state index is -0.174. The molecule has 1 atom stereocenters. The Kier molecular flexibility index (Phi) is 5.22. The number of benzene rings is 1. The molecule has 0 aromatic heterocycles. The Morgan fingerprint density at radius 2 is 2.05 bits per heavy atom. The van der Waals surface area contributed by atoms with Crippen LogP contribution in [0.5, 0.6) is 5.75 Å². The first-order chi connectivity index (χ1) is 10.4. The predicted octanol–water partition coefficient (Wildman–Crippen LogP) is 4.02. The molecule has 1 N–H and O–H groups in total. The van der Waals surface area contributed by atoms with Crippen molar-refractivity contribution in [2.24, 2.45) is 16.4 Å². The number of nitrogens with one attached hydrogen (secondary N) is 1. The second-order valence-electron chi connectivity index (χ2n) is 6.93. The normalized spacial score (nSPS) is 22.4. The highest BCUT2D eigenvalue weighted by Crippen LogP contribution is 2.36. The van der Waals surface area contributed by atoms with Crippen LogP contribution in [0.25, 0.3) is 0 Å². The highest BCUT2D eigenvalue weighted by atomic mass is 16.5. The average molecular weight is 302 g/mol. The van der Waals surface area contributed by atoms with Crippen LogP contribution in [0.4, 0.5) is 0 Å². The molecule has 4 nitrogen and oxygen atoms in total. The summed E-state index contributed by atoms with van der Waals surface area (Å²) >= 11 is 0. The van der Waals surface area contributed by atoms with E-state index >= 15 is 0 Å². The third-order valence-electron chi connectivity index (χ3n) is 3.91. The van der Waals surface area contributed by atoms with Crippen molar-refractivity contribution in [1.82, 2.24) is 5.43 Å². The van der Waals surface area contributed by atoms with Crippen molar-refractivity contribution in [2.45, 2.75) is 47.0 Å². The van der Waals surface area contributed by atoms with Gasteiger partial charge in [0.25, 0.3) is 5.91 Å². The molecule has 1 aliphatic rings. The number of hydrogen-bond acceptors (Lipinski definition) is 3. The fourth-order valence-corrected chi connectivity index (χ4v) is 3.26. The number of ether oxygens (including phenoxy) is 1. The highest BCUT2D eigenvalue weighted by Gasteiger charge is 2.29. The Balaban J connectivity index is 1.98. The van der Waals surface area contributed by atoms with Crippen molar-refractivity contribution in [3.8, 4) is 5.75 Å². The summed E-state index contributed by atoms with van der Waals surface area (Å²) in [5, 5.41) is 4.35. The van der Waals surface area contributed by atoms with Gasteiger partial charge in [-0.1, -0.05) is 20.8 Å². The fourth-order valence-electron chi connectivity index (χ4n) is 3.26. The summed E-state index contributed by atoms with van der Waals surface area (Å²) in [4.78, 5) is 12.1. The largest absolute Gasteiger partial charge is 0.494 e. The van der Waals surface area contributed by atoms with E-state index in [-0.39, 0.29) is 11.3 Å². The van der Waals surface area contributed by atoms with Crippen LogP contribution in [-0.4, -0.2) is 18.2 Å². The number of amides is 1. The highest BCUT2D eigenvalue weighted by molar-refractivity contribution is 5.95. The first-order valence-electron chi connectivity index (χ1n) is 7.98. The van der Waals surface area contributed by atoms with Crippen molar-refractivity contribution in [1.29, 1.82) is 0 Å². The molecule has 4 heteroatoms. The monoisotopic (exact) mass is 302 g/mol. The molecular weight excluding hydrogens is 276 g/mol. The number of nitrogens with zero attached hydrogens (tertiary/aromatic N) is 1. The lowest BCUT2D eigenvalue weighted by Gasteiger charge is -2.34. The van der Waals surface area contributed by atoms with Crippen LogP contribution >= 0.6 is 0 Å². The summed E-state index contributed by atoms with van der Waals surface area (Å²) in [6.07, 6.45) is 3.12. The van der Waals surface area contributed by atoms with Crippen LogP contribution in [0.1, 0.15) is 57.3 Å². The Labute approximate surface area is 132 Å². The lowest BCUT2D eigenvalue weighted by atomic mass is 9.72. The van der Waals surface area contributed by atoms with Crippen LogP contribution in [0, 0.1) is 11.3 Å². The Morgan fingerprint density at radius 3 is 2.64 bits per heavy atom. The SMILES string of the molecule is CCOc1ccc(C(=O)N/N=C2/C[C@@H](C)CC(C)(C)C2)cc1. The summed E-state index contributed by atoms with van der Waals surface area (Å²) in [7, 11) is 0. The summed E-state index contributed by atoms with van der Waals surface area (Å²) in [5.41, 5.74) is 4.63. The number of carbonyl (C=O) groups is 1. The molecule has 1 fully saturated rings. The number of hydrazone groups is 1. The smallest absolute Gasteiger partial charge is 0.271 e. The minimum absolute atomic E-state index is 0.174. The zero-order valence-electron chi connectivity index (χ0n) is 14.0. The zero-order chi connectivity index (χ0) is 16.2. The van der Waals surface area contributed by atoms with E-state index in [9.17, 15) is 4.79 Å². The molecule has 1 saturated carbocycles. The van der Waals surface area contributed by atoms with Crippen LogP contribution in [0.15, 0.2) is 29.4 Å². The minimum Gasteiger partial charge on any atom is -0.494 e. The van der Waals surface area contributed by atoms with Crippen molar-refractivity contribution in [2.75, 3.05) is 6.61 Å². The van der Waals surface area contributed by atoms with Gasteiger partial charge >= 0.3 is 0 Å². The number of hydrogen-bond donors (Lipinski definition) is 1. The summed E-state index contributed by atoms with van der Waals surface area (Å²) in [6.45, 7) is 9.31. The van der Waals surface area contributed by atoms with Gasteiger partial charge in [-0.25, -0.2) is 5.43 Å². The third-order valence-corrected chi connectivity index (χ3v) is 3.91. The van der Waals surface area contributed by atoms with Gasteiger partial charge in [-0.3, -0.25) is 4.79 Å². The molecule has 1 amide bonds. The van der Waals surface area contributed by atoms with Gasteiger partial charge in [0.2, 0.25) is 0 Å². The molecule has 1 aliphatic carbocycles. The van der Waals surface area contributed by atoms with Gasteiger partial charge < -0.3 is 4.74 Å². The molecule has 22 heavy (non-hydrogen) atoms. The van der Waals surface area contributed by atoms with Crippen LogP contribution in [0.3, 0.4) is 0 Å². The van der Waals surface area contributed by atoms with Crippen LogP contribution in [0.2, 0.25) is 0 Å². The second kappa shape index (κ2) is 6.95. The van der Waals surface area contributed by atoms with Gasteiger partial charge in [-0.15, -0.1) is 0 Å². The van der Waals surface area contributed by atoms with Crippen molar-refractivity contribution in [3.05, 3.63) is 29.8 Å². The van der Waals surface area contributed by atoms with E-state index in [0.717, 1.165) is 24.3 Å². The first-order valence-corrected chi connectivity index (χ1v) is 7.98. The third kappa shape index (κ3) is 4.58. The lowest BCUT2D eigenvalue weighted by Crippen LogP contribution is -2.30. The Hall–Kier alpha value is -1.84. The predicted molar refractivity (Wildman–Crippen MR) is 89.3 cm³/mol. The van der Waals surface area contributed by atoms with Crippen molar-refractivity contribution in [3.63, 3.8) is 0 Å². The molecule has 0 aliphatic heterocycles. The van der Waals surface area contributed by atoms with Gasteiger partial charge in [-0.05, 0) is 61.8 Å². The van der Waals surface area contributed by atoms with Crippen LogP contribution < -0.4 is 10.2 Å². The van der Waals surface area contributed by atoms with Gasteiger partial charge in [0.05, 0.1) is 6.61 Å². The maximum atomic E-state index is 12.1. The molecular formula is C18H26N2O2. The van der Waals surface area contributed by atoms with Gasteiger partial charge in [0, 0.05) is 11.3 Å². The molecule has 0 heterocycles. The Bertz CT molecular complexity index is 547. The summed E-state index contributed by atoms with van der Waals surface area (Å²) in [5.74, 6) is 1.21. The zero-order valence-corrected chi connectivity index (χ0v) is 14.0. The quantitative estimate of drug-likeness (QED) is 0.854. The molecule has 2 rings (SSSR count). The van der Waals surface area contributed by atoms with E-state index in [1.165, 1.54) is 6.42 Å². The fraction of sp³-hybridized carbons (Fsp3) is 0.556. The van der Waals surface area contributed by atoms with E-state index in [1.54, 1.807) is 24.3 Å². The molecule has 1 aromatic rings. The van der Waals surface area contributed by atoms with Crippen molar-refractivity contribution >= 4 is 11.6 Å². The maximum absolute atomic E-state index is 12.1. The first kappa shape index (κ1) is 16.5. The summed E-state index contributed by atoms with van der Waals surface area (Å²) in [6, 6.07) is 7.12. The van der Waals surface area contributed by atoms with Crippen LogP contribution in [-0.2, 0) is 0 Å². The van der Waals surface area contributed by atoms with Gasteiger partial charge in [-0.2, -0.15) is 5.10 Å². The molecule has 0 spiro atoms. The molecule has 0 saturated heterocycles. The van der Waals surface area contributed by atoms with E-state index in [4.69, 9.17) is 4.74 Å². The van der Waals surface area contributed by atoms with E-state index in [1.807, 2.05) is 6.92 Å². The number of carbonyl (C=O) groups excluding carboxylic acids is 1. The van der Waals surface area contributed by atoms with E-state index in [0.29, 0.717) is 18.1 Å². The Morgan fingerprint density at radius 1 is 1.36 bits per heavy atom. The lowest BCUT2D eigenvalue weighted by molar-refractivity contribution is 0.0954. The average Bonchev–Trinajstić information content (AvgIpc) is 2.44. The molecule has 1 aromatic carbocycles. The standard InChI is InChI=1S/C18H26N2O2/c1-5-22-16-8-6-14(7-9-16)17(21)20-19-15-10-13(2)11-18(3,4)12-15/h6-9,13H,5,10-12H2,1-4H3,(H,20,21)/b19-15-/t13-/m1/s1. The second-order valence-corrected chi connectivity index (χ2v) is 6.93. The van der Waals surface area contributed by atoms with E-state index < -0.39 is 0 Å². The van der Waals surface area contributed by atoms with Gasteiger partial charge in [0.1, 0.15) is 5.75 Å². The van der Waals surface area contributed by atoms with E-state index in [2.05, 4.69) is 31.3 Å².